The number of carbonyl (C=O) groups excluding carboxylic acids is 1. The van der Waals surface area contributed by atoms with E-state index in [-0.39, 0.29) is 12.0 Å². The fraction of sp³-hybridized carbons (Fsp3) is 0.286. The maximum atomic E-state index is 12.3. The van der Waals surface area contributed by atoms with Crippen LogP contribution in [0.3, 0.4) is 0 Å². The molecular formula is C21H22N2O4. The number of aromatic nitrogens is 1. The lowest BCUT2D eigenvalue weighted by molar-refractivity contribution is -0.143. The molecule has 2 N–H and O–H groups in total. The van der Waals surface area contributed by atoms with E-state index < -0.39 is 6.04 Å². The van der Waals surface area contributed by atoms with Gasteiger partial charge in [0.2, 0.25) is 0 Å². The van der Waals surface area contributed by atoms with Crippen LogP contribution < -0.4 is 14.8 Å². The van der Waals surface area contributed by atoms with Gasteiger partial charge in [-0.2, -0.15) is 0 Å². The van der Waals surface area contributed by atoms with Crippen LogP contribution in [0.1, 0.15) is 22.9 Å². The number of ether oxygens (including phenoxy) is 3. The summed E-state index contributed by atoms with van der Waals surface area (Å²) in [7, 11) is 4.67. The smallest absolute Gasteiger partial charge is 0.323 e. The Balaban J connectivity index is 1.88. The number of fused-ring (bicyclic) bond motifs is 3. The molecular weight excluding hydrogens is 344 g/mol. The highest BCUT2D eigenvalue weighted by Crippen LogP contribution is 2.39. The fourth-order valence-corrected chi connectivity index (χ4v) is 3.83. The average molecular weight is 366 g/mol. The van der Waals surface area contributed by atoms with E-state index in [0.29, 0.717) is 17.9 Å². The predicted octanol–water partition coefficient (Wildman–Crippen LogP) is 2.96. The van der Waals surface area contributed by atoms with Gasteiger partial charge < -0.3 is 19.2 Å². The van der Waals surface area contributed by atoms with E-state index in [1.54, 1.807) is 14.2 Å². The first kappa shape index (κ1) is 17.4. The fourth-order valence-electron chi connectivity index (χ4n) is 3.83. The molecule has 0 spiro atoms. The van der Waals surface area contributed by atoms with Gasteiger partial charge in [-0.25, -0.2) is 0 Å². The number of esters is 1. The Morgan fingerprint density at radius 1 is 1.07 bits per heavy atom. The normalized spacial score (nSPS) is 18.8. The highest BCUT2D eigenvalue weighted by atomic mass is 16.5. The number of carbonyl (C=O) groups is 1. The summed E-state index contributed by atoms with van der Waals surface area (Å²) in [5.74, 6) is 1.14. The van der Waals surface area contributed by atoms with Crippen molar-refractivity contribution in [3.8, 4) is 11.5 Å². The van der Waals surface area contributed by atoms with Gasteiger partial charge in [-0.3, -0.25) is 10.1 Å². The second kappa shape index (κ2) is 6.96. The van der Waals surface area contributed by atoms with Gasteiger partial charge in [0.15, 0.2) is 0 Å². The Labute approximate surface area is 157 Å². The first-order valence-corrected chi connectivity index (χ1v) is 8.81. The quantitative estimate of drug-likeness (QED) is 0.695. The molecule has 6 heteroatoms. The predicted molar refractivity (Wildman–Crippen MR) is 102 cm³/mol. The first-order valence-electron chi connectivity index (χ1n) is 8.81. The summed E-state index contributed by atoms with van der Waals surface area (Å²) < 4.78 is 15.9. The largest absolute Gasteiger partial charge is 0.497 e. The van der Waals surface area contributed by atoms with Crippen molar-refractivity contribution in [3.63, 3.8) is 0 Å². The van der Waals surface area contributed by atoms with Crippen molar-refractivity contribution in [2.24, 2.45) is 0 Å². The van der Waals surface area contributed by atoms with Gasteiger partial charge in [-0.1, -0.05) is 18.2 Å². The third-order valence-electron chi connectivity index (χ3n) is 5.15. The number of para-hydroxylation sites is 1. The van der Waals surface area contributed by atoms with Gasteiger partial charge in [0.05, 0.1) is 27.4 Å². The summed E-state index contributed by atoms with van der Waals surface area (Å²) in [5.41, 5.74) is 4.15. The number of hydrogen-bond acceptors (Lipinski definition) is 5. The summed E-state index contributed by atoms with van der Waals surface area (Å²) in [4.78, 5) is 15.8. The van der Waals surface area contributed by atoms with Crippen molar-refractivity contribution in [1.29, 1.82) is 0 Å². The highest BCUT2D eigenvalue weighted by molar-refractivity contribution is 5.87. The molecule has 0 saturated carbocycles. The van der Waals surface area contributed by atoms with Crippen LogP contribution in [0.5, 0.6) is 11.5 Å². The molecule has 0 fully saturated rings. The van der Waals surface area contributed by atoms with Crippen LogP contribution in [0, 0.1) is 0 Å². The number of hydrogen-bond donors (Lipinski definition) is 2. The molecule has 27 heavy (non-hydrogen) atoms. The topological polar surface area (TPSA) is 72.6 Å². The molecule has 140 valence electrons. The standard InChI is InChI=1S/C21H22N2O4/c1-25-12-8-9-14(18(10-12)26-2)19-20-15(11-17(23-19)21(24)27-3)13-6-4-5-7-16(13)22-20/h4-10,17,19,22-23H,11H2,1-3H3/t17-,19+/m1/s1. The number of aromatic amines is 1. The zero-order chi connectivity index (χ0) is 19.0. The second-order valence-corrected chi connectivity index (χ2v) is 6.55. The Morgan fingerprint density at radius 2 is 1.89 bits per heavy atom. The van der Waals surface area contributed by atoms with Crippen LogP contribution in [0.15, 0.2) is 42.5 Å². The van der Waals surface area contributed by atoms with Gasteiger partial charge in [-0.15, -0.1) is 0 Å². The van der Waals surface area contributed by atoms with E-state index in [1.165, 1.54) is 7.11 Å². The Kier molecular flexibility index (Phi) is 4.49. The number of nitrogens with one attached hydrogen (secondary N) is 2. The van der Waals surface area contributed by atoms with Gasteiger partial charge >= 0.3 is 5.97 Å². The summed E-state index contributed by atoms with van der Waals surface area (Å²) in [5, 5.41) is 4.55. The van der Waals surface area contributed by atoms with Crippen molar-refractivity contribution in [2.45, 2.75) is 18.5 Å². The van der Waals surface area contributed by atoms with Gasteiger partial charge in [-0.05, 0) is 23.8 Å². The maximum absolute atomic E-state index is 12.3. The van der Waals surface area contributed by atoms with E-state index in [0.717, 1.165) is 27.7 Å². The summed E-state index contributed by atoms with van der Waals surface area (Å²) in [6.07, 6.45) is 0.570. The SMILES string of the molecule is COC(=O)[C@H]1Cc2c([nH]c3ccccc23)[C@H](c2ccc(OC)cc2OC)N1. The highest BCUT2D eigenvalue weighted by Gasteiger charge is 2.35. The molecule has 0 bridgehead atoms. The molecule has 0 amide bonds. The lowest BCUT2D eigenvalue weighted by Crippen LogP contribution is -2.45. The maximum Gasteiger partial charge on any atom is 0.323 e. The summed E-state index contributed by atoms with van der Waals surface area (Å²) in [6, 6.07) is 13.2. The van der Waals surface area contributed by atoms with Crippen LogP contribution in [0.25, 0.3) is 10.9 Å². The first-order chi connectivity index (χ1) is 13.2. The minimum atomic E-state index is -0.432. The molecule has 3 aromatic rings. The minimum Gasteiger partial charge on any atom is -0.497 e. The van der Waals surface area contributed by atoms with E-state index >= 15 is 0 Å². The number of methoxy groups -OCH3 is 3. The van der Waals surface area contributed by atoms with Crippen molar-refractivity contribution >= 4 is 16.9 Å². The zero-order valence-electron chi connectivity index (χ0n) is 15.5. The Morgan fingerprint density at radius 3 is 2.63 bits per heavy atom. The van der Waals surface area contributed by atoms with Crippen molar-refractivity contribution < 1.29 is 19.0 Å². The zero-order valence-corrected chi connectivity index (χ0v) is 15.5. The molecule has 2 atom stereocenters. The molecule has 0 saturated heterocycles. The molecule has 4 rings (SSSR count). The molecule has 0 aliphatic carbocycles. The molecule has 2 aromatic carbocycles. The molecule has 1 aliphatic rings. The van der Waals surface area contributed by atoms with Crippen LogP contribution in [-0.4, -0.2) is 38.3 Å². The van der Waals surface area contributed by atoms with Crippen molar-refractivity contribution in [2.75, 3.05) is 21.3 Å². The van der Waals surface area contributed by atoms with Crippen molar-refractivity contribution in [1.82, 2.24) is 10.3 Å². The lowest BCUT2D eigenvalue weighted by Gasteiger charge is -2.31. The molecule has 1 aliphatic heterocycles. The second-order valence-electron chi connectivity index (χ2n) is 6.55. The van der Waals surface area contributed by atoms with Gasteiger partial charge in [0.25, 0.3) is 0 Å². The van der Waals surface area contributed by atoms with Crippen LogP contribution in [0.4, 0.5) is 0 Å². The Bertz CT molecular complexity index is 995. The summed E-state index contributed by atoms with van der Waals surface area (Å²) >= 11 is 0. The third kappa shape index (κ3) is 2.92. The van der Waals surface area contributed by atoms with Gasteiger partial charge in [0, 0.05) is 34.6 Å². The lowest BCUT2D eigenvalue weighted by atomic mass is 9.90. The van der Waals surface area contributed by atoms with Crippen LogP contribution in [-0.2, 0) is 16.0 Å². The average Bonchev–Trinajstić information content (AvgIpc) is 3.10. The number of H-pyrrole nitrogens is 1. The van der Waals surface area contributed by atoms with E-state index in [9.17, 15) is 4.79 Å². The van der Waals surface area contributed by atoms with Crippen molar-refractivity contribution in [3.05, 3.63) is 59.3 Å². The van der Waals surface area contributed by atoms with Crippen LogP contribution in [0.2, 0.25) is 0 Å². The number of rotatable bonds is 4. The molecule has 1 aromatic heterocycles. The van der Waals surface area contributed by atoms with E-state index in [4.69, 9.17) is 14.2 Å². The minimum absolute atomic E-state index is 0.230. The number of benzene rings is 2. The van der Waals surface area contributed by atoms with Crippen LogP contribution >= 0.6 is 0 Å². The monoisotopic (exact) mass is 366 g/mol. The van der Waals surface area contributed by atoms with Gasteiger partial charge in [0.1, 0.15) is 17.5 Å². The molecule has 0 unspecified atom stereocenters. The molecule has 0 radical (unpaired) electrons. The molecule has 6 nitrogen and oxygen atoms in total. The Hall–Kier alpha value is -2.99. The van der Waals surface area contributed by atoms with E-state index in [1.807, 2.05) is 36.4 Å². The summed E-state index contributed by atoms with van der Waals surface area (Å²) in [6.45, 7) is 0. The van der Waals surface area contributed by atoms with E-state index in [2.05, 4.69) is 16.4 Å². The molecule has 2 heterocycles. The third-order valence-corrected chi connectivity index (χ3v) is 5.15.